The van der Waals surface area contributed by atoms with Crippen molar-refractivity contribution in [1.82, 2.24) is 0 Å². The van der Waals surface area contributed by atoms with Crippen LogP contribution in [0, 0.1) is 0 Å². The van der Waals surface area contributed by atoms with Crippen molar-refractivity contribution in [3.8, 4) is 11.1 Å². The van der Waals surface area contributed by atoms with Crippen molar-refractivity contribution in [2.45, 2.75) is 6.92 Å². The van der Waals surface area contributed by atoms with Crippen molar-refractivity contribution >= 4 is 40.1 Å². The Balaban J connectivity index is 2.18. The third-order valence-electron chi connectivity index (χ3n) is 3.47. The summed E-state index contributed by atoms with van der Waals surface area (Å²) in [6.45, 7) is 2.01. The molecule has 0 nitrogen and oxygen atoms in total. The van der Waals surface area contributed by atoms with Gasteiger partial charge >= 0.3 is 0 Å². The molecule has 3 aromatic rings. The molecule has 104 valence electrons. The van der Waals surface area contributed by atoms with E-state index in [1.54, 1.807) is 0 Å². The molecule has 0 saturated carbocycles. The van der Waals surface area contributed by atoms with Crippen molar-refractivity contribution in [3.05, 3.63) is 76.3 Å². The number of hydrogen-bond donors (Lipinski definition) is 0. The van der Waals surface area contributed by atoms with E-state index >= 15 is 0 Å². The van der Waals surface area contributed by atoms with Crippen LogP contribution in [0.1, 0.15) is 12.5 Å². The molecule has 2 heteroatoms. The van der Waals surface area contributed by atoms with Crippen LogP contribution in [0.25, 0.3) is 28.0 Å². The van der Waals surface area contributed by atoms with Crippen molar-refractivity contribution in [2.24, 2.45) is 0 Å². The highest BCUT2D eigenvalue weighted by Crippen LogP contribution is 2.30. The normalized spacial score (nSPS) is 11.4. The van der Waals surface area contributed by atoms with E-state index in [4.69, 9.17) is 23.2 Å². The molecule has 0 N–H and O–H groups in total. The lowest BCUT2D eigenvalue weighted by atomic mass is 9.97. The number of rotatable bonds is 2. The maximum absolute atomic E-state index is 6.10. The van der Waals surface area contributed by atoms with Crippen LogP contribution in [0.15, 0.2) is 60.7 Å². The van der Waals surface area contributed by atoms with E-state index in [0.717, 1.165) is 21.0 Å². The molecule has 3 aromatic carbocycles. The summed E-state index contributed by atoms with van der Waals surface area (Å²) < 4.78 is 0. The zero-order valence-electron chi connectivity index (χ0n) is 11.6. The van der Waals surface area contributed by atoms with Gasteiger partial charge in [0.2, 0.25) is 0 Å². The monoisotopic (exact) mass is 312 g/mol. The van der Waals surface area contributed by atoms with E-state index in [2.05, 4.69) is 30.3 Å². The van der Waals surface area contributed by atoms with Crippen LogP contribution >= 0.6 is 23.2 Å². The van der Waals surface area contributed by atoms with Gasteiger partial charge in [-0.1, -0.05) is 59.6 Å². The summed E-state index contributed by atoms with van der Waals surface area (Å²) in [5.74, 6) is 0. The number of fused-ring (bicyclic) bond motifs is 1. The minimum atomic E-state index is 0.749. The first-order valence-electron chi connectivity index (χ1n) is 6.79. The van der Waals surface area contributed by atoms with E-state index < -0.39 is 0 Å². The Morgan fingerprint density at radius 2 is 1.43 bits per heavy atom. The van der Waals surface area contributed by atoms with Gasteiger partial charge in [0, 0.05) is 10.0 Å². The molecule has 0 atom stereocenters. The molecule has 0 unspecified atom stereocenters. The SMILES string of the molecule is CC=Cc1cc(Cl)ccc1-c1ccc2cc(Cl)ccc2c1. The Morgan fingerprint density at radius 3 is 2.24 bits per heavy atom. The lowest BCUT2D eigenvalue weighted by Crippen LogP contribution is -1.84. The van der Waals surface area contributed by atoms with Gasteiger partial charge in [-0.15, -0.1) is 0 Å². The Labute approximate surface area is 134 Å². The number of benzene rings is 3. The van der Waals surface area contributed by atoms with Crippen LogP contribution < -0.4 is 0 Å². The van der Waals surface area contributed by atoms with Gasteiger partial charge in [0.1, 0.15) is 0 Å². The molecule has 0 aliphatic carbocycles. The molecule has 0 aliphatic heterocycles. The molecule has 0 amide bonds. The van der Waals surface area contributed by atoms with E-state index in [1.807, 2.05) is 43.3 Å². The van der Waals surface area contributed by atoms with Crippen LogP contribution in [0.5, 0.6) is 0 Å². The third kappa shape index (κ3) is 2.97. The number of allylic oxidation sites excluding steroid dienone is 1. The molecule has 0 radical (unpaired) electrons. The maximum atomic E-state index is 6.10. The molecule has 0 aliphatic rings. The topological polar surface area (TPSA) is 0 Å². The van der Waals surface area contributed by atoms with E-state index in [9.17, 15) is 0 Å². The van der Waals surface area contributed by atoms with Gasteiger partial charge < -0.3 is 0 Å². The van der Waals surface area contributed by atoms with Crippen LogP contribution in [0.4, 0.5) is 0 Å². The van der Waals surface area contributed by atoms with Crippen LogP contribution in [-0.4, -0.2) is 0 Å². The van der Waals surface area contributed by atoms with E-state index in [1.165, 1.54) is 16.5 Å². The largest absolute Gasteiger partial charge is 0.0870 e. The van der Waals surface area contributed by atoms with Crippen molar-refractivity contribution in [2.75, 3.05) is 0 Å². The van der Waals surface area contributed by atoms with Gasteiger partial charge in [0.25, 0.3) is 0 Å². The lowest BCUT2D eigenvalue weighted by Gasteiger charge is -2.09. The molecule has 0 fully saturated rings. The van der Waals surface area contributed by atoms with Crippen LogP contribution in [0.3, 0.4) is 0 Å². The highest BCUT2D eigenvalue weighted by molar-refractivity contribution is 6.31. The first kappa shape index (κ1) is 14.2. The minimum Gasteiger partial charge on any atom is -0.0870 e. The molecule has 3 rings (SSSR count). The van der Waals surface area contributed by atoms with Crippen LogP contribution in [-0.2, 0) is 0 Å². The molecule has 0 saturated heterocycles. The number of halogens is 2. The summed E-state index contributed by atoms with van der Waals surface area (Å²) in [5.41, 5.74) is 3.47. The van der Waals surface area contributed by atoms with Gasteiger partial charge in [-0.05, 0) is 64.7 Å². The number of hydrogen-bond acceptors (Lipinski definition) is 0. The smallest absolute Gasteiger partial charge is 0.0412 e. The zero-order chi connectivity index (χ0) is 14.8. The summed E-state index contributed by atoms with van der Waals surface area (Å²) >= 11 is 12.1. The van der Waals surface area contributed by atoms with Crippen molar-refractivity contribution in [3.63, 3.8) is 0 Å². The predicted molar refractivity (Wildman–Crippen MR) is 94.1 cm³/mol. The van der Waals surface area contributed by atoms with Crippen molar-refractivity contribution < 1.29 is 0 Å². The zero-order valence-corrected chi connectivity index (χ0v) is 13.1. The molecule has 0 heterocycles. The lowest BCUT2D eigenvalue weighted by molar-refractivity contribution is 1.60. The fourth-order valence-electron chi connectivity index (χ4n) is 2.50. The summed E-state index contributed by atoms with van der Waals surface area (Å²) in [7, 11) is 0. The van der Waals surface area contributed by atoms with Crippen molar-refractivity contribution in [1.29, 1.82) is 0 Å². The quantitative estimate of drug-likeness (QED) is 0.485. The fraction of sp³-hybridized carbons (Fsp3) is 0.0526. The summed E-state index contributed by atoms with van der Waals surface area (Å²) in [6.07, 6.45) is 4.10. The molecular formula is C19H14Cl2. The second-order valence-electron chi connectivity index (χ2n) is 4.94. The average Bonchev–Trinajstić information content (AvgIpc) is 2.47. The van der Waals surface area contributed by atoms with Gasteiger partial charge in [0.15, 0.2) is 0 Å². The second kappa shape index (κ2) is 5.93. The molecular weight excluding hydrogens is 299 g/mol. The first-order valence-corrected chi connectivity index (χ1v) is 7.55. The summed E-state index contributed by atoms with van der Waals surface area (Å²) in [5, 5.41) is 3.84. The maximum Gasteiger partial charge on any atom is 0.0412 e. The van der Waals surface area contributed by atoms with Gasteiger partial charge in [-0.2, -0.15) is 0 Å². The van der Waals surface area contributed by atoms with Gasteiger partial charge in [-0.3, -0.25) is 0 Å². The van der Waals surface area contributed by atoms with E-state index in [-0.39, 0.29) is 0 Å². The Kier molecular flexibility index (Phi) is 4.01. The van der Waals surface area contributed by atoms with Gasteiger partial charge in [0.05, 0.1) is 0 Å². The summed E-state index contributed by atoms with van der Waals surface area (Å²) in [6, 6.07) is 18.3. The Bertz CT molecular complexity index is 832. The summed E-state index contributed by atoms with van der Waals surface area (Å²) in [4.78, 5) is 0. The highest BCUT2D eigenvalue weighted by atomic mass is 35.5. The van der Waals surface area contributed by atoms with E-state index in [0.29, 0.717) is 0 Å². The average molecular weight is 313 g/mol. The minimum absolute atomic E-state index is 0.749. The Morgan fingerprint density at radius 1 is 0.762 bits per heavy atom. The molecule has 0 aromatic heterocycles. The molecule has 21 heavy (non-hydrogen) atoms. The highest BCUT2D eigenvalue weighted by Gasteiger charge is 2.05. The second-order valence-corrected chi connectivity index (χ2v) is 5.81. The first-order chi connectivity index (χ1) is 10.2. The molecule has 0 bridgehead atoms. The van der Waals surface area contributed by atoms with Crippen LogP contribution in [0.2, 0.25) is 10.0 Å². The third-order valence-corrected chi connectivity index (χ3v) is 3.94. The molecule has 0 spiro atoms. The van der Waals surface area contributed by atoms with Gasteiger partial charge in [-0.25, -0.2) is 0 Å². The predicted octanol–water partition coefficient (Wildman–Crippen LogP) is 6.85. The standard InChI is InChI=1S/C19H14Cl2/c1-2-3-15-12-18(21)8-9-19(15)16-5-4-14-11-17(20)7-6-13(14)10-16/h2-12H,1H3. The fourth-order valence-corrected chi connectivity index (χ4v) is 2.86. The Hall–Kier alpha value is -1.76.